The van der Waals surface area contributed by atoms with E-state index < -0.39 is 5.97 Å². The Morgan fingerprint density at radius 2 is 2.16 bits per heavy atom. The predicted molar refractivity (Wildman–Crippen MR) is 79.6 cm³/mol. The number of anilines is 2. The van der Waals surface area contributed by atoms with Crippen LogP contribution < -0.4 is 11.1 Å². The highest BCUT2D eigenvalue weighted by atomic mass is 16.4. The molecule has 4 nitrogen and oxygen atoms in total. The van der Waals surface area contributed by atoms with Gasteiger partial charge in [0.15, 0.2) is 0 Å². The van der Waals surface area contributed by atoms with E-state index in [2.05, 4.69) is 19.2 Å². The fourth-order valence-corrected chi connectivity index (χ4v) is 2.10. The van der Waals surface area contributed by atoms with Gasteiger partial charge in [0.25, 0.3) is 0 Å². The minimum atomic E-state index is -0.987. The first-order valence-electron chi connectivity index (χ1n) is 6.95. The third-order valence-corrected chi connectivity index (χ3v) is 3.46. The van der Waals surface area contributed by atoms with Crippen molar-refractivity contribution in [3.05, 3.63) is 23.8 Å². The van der Waals surface area contributed by atoms with Crippen molar-refractivity contribution in [2.24, 2.45) is 5.92 Å². The number of carboxylic acid groups (broad SMARTS) is 1. The van der Waals surface area contributed by atoms with E-state index in [0.29, 0.717) is 11.6 Å². The lowest BCUT2D eigenvalue weighted by Gasteiger charge is -2.17. The van der Waals surface area contributed by atoms with E-state index >= 15 is 0 Å². The van der Waals surface area contributed by atoms with E-state index in [4.69, 9.17) is 10.8 Å². The van der Waals surface area contributed by atoms with Crippen molar-refractivity contribution in [2.45, 2.75) is 39.5 Å². The Labute approximate surface area is 115 Å². The third-order valence-electron chi connectivity index (χ3n) is 3.46. The van der Waals surface area contributed by atoms with Crippen molar-refractivity contribution in [1.29, 1.82) is 0 Å². The van der Waals surface area contributed by atoms with Crippen LogP contribution in [0.4, 0.5) is 11.4 Å². The number of rotatable bonds is 8. The van der Waals surface area contributed by atoms with Crippen LogP contribution in [0, 0.1) is 5.92 Å². The average Bonchev–Trinajstić information content (AvgIpc) is 2.40. The Morgan fingerprint density at radius 1 is 1.42 bits per heavy atom. The van der Waals surface area contributed by atoms with Crippen LogP contribution in [-0.2, 0) is 0 Å². The molecule has 1 aromatic carbocycles. The number of nitrogens with one attached hydrogen (secondary N) is 1. The first kappa shape index (κ1) is 15.3. The van der Waals surface area contributed by atoms with Crippen molar-refractivity contribution in [3.63, 3.8) is 0 Å². The van der Waals surface area contributed by atoms with Crippen LogP contribution in [0.1, 0.15) is 49.9 Å². The minimum Gasteiger partial charge on any atom is -0.478 e. The quantitative estimate of drug-likeness (QED) is 0.627. The fourth-order valence-electron chi connectivity index (χ4n) is 2.10. The summed E-state index contributed by atoms with van der Waals surface area (Å²) in [4.78, 5) is 11.0. The molecule has 0 heterocycles. The molecule has 0 saturated carbocycles. The van der Waals surface area contributed by atoms with Gasteiger partial charge in [0, 0.05) is 6.54 Å². The van der Waals surface area contributed by atoms with Crippen molar-refractivity contribution in [3.8, 4) is 0 Å². The van der Waals surface area contributed by atoms with Crippen LogP contribution in [0.2, 0.25) is 0 Å². The van der Waals surface area contributed by atoms with Gasteiger partial charge in [-0.05, 0) is 24.5 Å². The molecular weight excluding hydrogens is 240 g/mol. The molecule has 0 aliphatic carbocycles. The summed E-state index contributed by atoms with van der Waals surface area (Å²) in [6.07, 6.45) is 4.74. The van der Waals surface area contributed by atoms with Gasteiger partial charge in [-0.25, -0.2) is 4.79 Å². The molecule has 1 unspecified atom stereocenters. The molecule has 1 aromatic rings. The molecule has 0 spiro atoms. The number of aromatic carboxylic acids is 1. The lowest BCUT2D eigenvalue weighted by Crippen LogP contribution is -2.15. The highest BCUT2D eigenvalue weighted by Crippen LogP contribution is 2.24. The maximum absolute atomic E-state index is 11.0. The molecule has 0 radical (unpaired) electrons. The number of nitrogens with two attached hydrogens (primary N) is 1. The van der Waals surface area contributed by atoms with E-state index in [1.807, 2.05) is 6.07 Å². The van der Waals surface area contributed by atoms with E-state index in [-0.39, 0.29) is 5.56 Å². The molecule has 0 fully saturated rings. The lowest BCUT2D eigenvalue weighted by molar-refractivity contribution is 0.0698. The summed E-state index contributed by atoms with van der Waals surface area (Å²) in [6, 6.07) is 5.07. The summed E-state index contributed by atoms with van der Waals surface area (Å²) in [7, 11) is 0. The molecule has 0 amide bonds. The van der Waals surface area contributed by atoms with Crippen molar-refractivity contribution < 1.29 is 9.90 Å². The summed E-state index contributed by atoms with van der Waals surface area (Å²) < 4.78 is 0. The SMILES string of the molecule is CCCCC(CC)CNc1cccc(C(=O)O)c1N. The monoisotopic (exact) mass is 264 g/mol. The van der Waals surface area contributed by atoms with Gasteiger partial charge in [-0.15, -0.1) is 0 Å². The van der Waals surface area contributed by atoms with E-state index in [9.17, 15) is 4.79 Å². The zero-order valence-corrected chi connectivity index (χ0v) is 11.8. The van der Waals surface area contributed by atoms with Crippen LogP contribution in [0.15, 0.2) is 18.2 Å². The topological polar surface area (TPSA) is 75.3 Å². The Bertz CT molecular complexity index is 419. The standard InChI is InChI=1S/C15H24N2O2/c1-3-5-7-11(4-2)10-17-13-9-6-8-12(14(13)16)15(18)19/h6,8-9,11,17H,3-5,7,10,16H2,1-2H3,(H,18,19). The Balaban J connectivity index is 2.66. The summed E-state index contributed by atoms with van der Waals surface area (Å²) in [5.74, 6) is -0.382. The summed E-state index contributed by atoms with van der Waals surface area (Å²) in [5, 5.41) is 12.3. The Kier molecular flexibility index (Phi) is 6.19. The van der Waals surface area contributed by atoms with E-state index in [1.165, 1.54) is 25.3 Å². The van der Waals surface area contributed by atoms with Gasteiger partial charge in [-0.3, -0.25) is 0 Å². The van der Waals surface area contributed by atoms with Gasteiger partial charge < -0.3 is 16.2 Å². The van der Waals surface area contributed by atoms with Crippen molar-refractivity contribution in [1.82, 2.24) is 0 Å². The molecule has 0 saturated heterocycles. The molecule has 4 heteroatoms. The number of nitrogen functional groups attached to an aromatic ring is 1. The molecule has 0 bridgehead atoms. The van der Waals surface area contributed by atoms with Crippen molar-refractivity contribution in [2.75, 3.05) is 17.6 Å². The second kappa shape index (κ2) is 7.67. The van der Waals surface area contributed by atoms with Crippen LogP contribution in [0.3, 0.4) is 0 Å². The number of carboxylic acids is 1. The second-order valence-electron chi connectivity index (χ2n) is 4.87. The molecule has 106 valence electrons. The molecule has 0 aliphatic heterocycles. The fraction of sp³-hybridized carbons (Fsp3) is 0.533. The third kappa shape index (κ3) is 4.47. The minimum absolute atomic E-state index is 0.159. The maximum Gasteiger partial charge on any atom is 0.337 e. The molecule has 0 aliphatic rings. The van der Waals surface area contributed by atoms with Gasteiger partial charge in [0.1, 0.15) is 0 Å². The van der Waals surface area contributed by atoms with Gasteiger partial charge in [-0.2, -0.15) is 0 Å². The van der Waals surface area contributed by atoms with Crippen LogP contribution in [0.25, 0.3) is 0 Å². The van der Waals surface area contributed by atoms with E-state index in [0.717, 1.165) is 18.7 Å². The first-order chi connectivity index (χ1) is 9.10. The van der Waals surface area contributed by atoms with Crippen LogP contribution in [0.5, 0.6) is 0 Å². The summed E-state index contributed by atoms with van der Waals surface area (Å²) in [6.45, 7) is 5.21. The molecular formula is C15H24N2O2. The number of benzene rings is 1. The van der Waals surface area contributed by atoms with Gasteiger partial charge in [0.2, 0.25) is 0 Å². The van der Waals surface area contributed by atoms with Crippen LogP contribution >= 0.6 is 0 Å². The maximum atomic E-state index is 11.0. The zero-order chi connectivity index (χ0) is 14.3. The van der Waals surface area contributed by atoms with Crippen LogP contribution in [-0.4, -0.2) is 17.6 Å². The molecule has 0 aromatic heterocycles. The highest BCUT2D eigenvalue weighted by Gasteiger charge is 2.12. The van der Waals surface area contributed by atoms with Gasteiger partial charge in [-0.1, -0.05) is 39.2 Å². The number of hydrogen-bond acceptors (Lipinski definition) is 3. The van der Waals surface area contributed by atoms with Gasteiger partial charge in [0.05, 0.1) is 16.9 Å². The average molecular weight is 264 g/mol. The number of para-hydroxylation sites is 1. The number of carbonyl (C=O) groups is 1. The number of unbranched alkanes of at least 4 members (excludes halogenated alkanes) is 1. The van der Waals surface area contributed by atoms with E-state index in [1.54, 1.807) is 6.07 Å². The molecule has 4 N–H and O–H groups in total. The van der Waals surface area contributed by atoms with Crippen molar-refractivity contribution >= 4 is 17.3 Å². The molecule has 1 atom stereocenters. The largest absolute Gasteiger partial charge is 0.478 e. The normalized spacial score (nSPS) is 12.1. The Hall–Kier alpha value is -1.71. The summed E-state index contributed by atoms with van der Waals surface area (Å²) in [5.41, 5.74) is 7.06. The first-order valence-corrected chi connectivity index (χ1v) is 6.95. The summed E-state index contributed by atoms with van der Waals surface area (Å²) >= 11 is 0. The highest BCUT2D eigenvalue weighted by molar-refractivity contribution is 5.97. The zero-order valence-electron chi connectivity index (χ0n) is 11.8. The van der Waals surface area contributed by atoms with Gasteiger partial charge >= 0.3 is 5.97 Å². The number of hydrogen-bond donors (Lipinski definition) is 3. The lowest BCUT2D eigenvalue weighted by atomic mass is 9.99. The smallest absolute Gasteiger partial charge is 0.337 e. The molecule has 19 heavy (non-hydrogen) atoms. The molecule has 1 rings (SSSR count). The second-order valence-corrected chi connectivity index (χ2v) is 4.87. The predicted octanol–water partition coefficient (Wildman–Crippen LogP) is 3.60. The Morgan fingerprint density at radius 3 is 2.74 bits per heavy atom.